The molecule has 0 saturated carbocycles. The van der Waals surface area contributed by atoms with Gasteiger partial charge in [-0.1, -0.05) is 36.8 Å². The van der Waals surface area contributed by atoms with Crippen LogP contribution in [0, 0.1) is 13.8 Å². The van der Waals surface area contributed by atoms with Gasteiger partial charge >= 0.3 is 6.03 Å². The third-order valence-electron chi connectivity index (χ3n) is 6.90. The number of nitrogens with zero attached hydrogens (tertiary/aromatic N) is 2. The molecule has 1 fully saturated rings. The van der Waals surface area contributed by atoms with Gasteiger partial charge in [0, 0.05) is 17.3 Å². The van der Waals surface area contributed by atoms with Crippen molar-refractivity contribution in [3.63, 3.8) is 0 Å². The van der Waals surface area contributed by atoms with Gasteiger partial charge in [0.15, 0.2) is 0 Å². The summed E-state index contributed by atoms with van der Waals surface area (Å²) in [5.74, 6) is 0.130. The number of amides is 3. The minimum absolute atomic E-state index is 0.0822. The van der Waals surface area contributed by atoms with Crippen LogP contribution in [0.4, 0.5) is 10.5 Å². The molecule has 2 aliphatic heterocycles. The minimum Gasteiger partial charge on any atom is -0.364 e. The lowest BCUT2D eigenvalue weighted by Crippen LogP contribution is -2.51. The maximum atomic E-state index is 13.0. The molecule has 5 heteroatoms. The van der Waals surface area contributed by atoms with E-state index in [1.165, 1.54) is 16.2 Å². The van der Waals surface area contributed by atoms with Crippen molar-refractivity contribution in [2.45, 2.75) is 78.9 Å². The summed E-state index contributed by atoms with van der Waals surface area (Å²) in [6, 6.07) is 12.3. The number of hydrogen-bond acceptors (Lipinski definition) is 3. The molecule has 1 atom stereocenters. The van der Waals surface area contributed by atoms with Crippen LogP contribution < -0.4 is 10.2 Å². The first-order valence-corrected chi connectivity index (χ1v) is 11.8. The molecular weight excluding hydrogens is 410 g/mol. The van der Waals surface area contributed by atoms with Gasteiger partial charge in [-0.3, -0.25) is 9.69 Å². The zero-order chi connectivity index (χ0) is 24.1. The number of nitrogens with one attached hydrogen (secondary N) is 1. The molecule has 174 valence electrons. The average Bonchev–Trinajstić information content (AvgIpc) is 2.97. The second kappa shape index (κ2) is 8.36. The Morgan fingerprint density at radius 1 is 1.12 bits per heavy atom. The van der Waals surface area contributed by atoms with E-state index in [0.29, 0.717) is 17.7 Å². The molecule has 2 heterocycles. The predicted molar refractivity (Wildman–Crippen MR) is 134 cm³/mol. The van der Waals surface area contributed by atoms with E-state index in [-0.39, 0.29) is 24.0 Å². The minimum atomic E-state index is -0.372. The molecule has 4 rings (SSSR count). The Kier molecular flexibility index (Phi) is 5.85. The van der Waals surface area contributed by atoms with Crippen molar-refractivity contribution in [1.29, 1.82) is 0 Å². The van der Waals surface area contributed by atoms with Crippen LogP contribution in [0.1, 0.15) is 74.8 Å². The Bertz CT molecular complexity index is 1130. The maximum Gasteiger partial charge on any atom is 0.329 e. The van der Waals surface area contributed by atoms with Crippen molar-refractivity contribution in [3.8, 4) is 0 Å². The standard InChI is InChI=1S/C28H35N3O2/c1-17(2)31-25-12-19(4)22(13-23(25)20(5)15-28(31,6)7)14-24-26(32)30(27(33)29-24)16-21-10-8-18(3)9-11-21/h8-14,17,20H,15-16H2,1-7H3,(H,29,33)/b24-14-/t20-/m0/s1. The first-order chi connectivity index (χ1) is 15.5. The molecule has 2 aromatic carbocycles. The summed E-state index contributed by atoms with van der Waals surface area (Å²) < 4.78 is 0. The average molecular weight is 446 g/mol. The molecule has 0 bridgehead atoms. The zero-order valence-electron chi connectivity index (χ0n) is 20.8. The van der Waals surface area contributed by atoms with E-state index >= 15 is 0 Å². The van der Waals surface area contributed by atoms with Gasteiger partial charge in [-0.25, -0.2) is 4.79 Å². The van der Waals surface area contributed by atoms with E-state index < -0.39 is 0 Å². The number of benzene rings is 2. The van der Waals surface area contributed by atoms with Gasteiger partial charge in [-0.05, 0) is 94.3 Å². The largest absolute Gasteiger partial charge is 0.364 e. The predicted octanol–water partition coefficient (Wildman–Crippen LogP) is 5.90. The summed E-state index contributed by atoms with van der Waals surface area (Å²) in [5.41, 5.74) is 7.14. The Labute approximate surface area is 197 Å². The highest BCUT2D eigenvalue weighted by Crippen LogP contribution is 2.45. The van der Waals surface area contributed by atoms with Crippen LogP contribution in [-0.2, 0) is 11.3 Å². The number of aryl methyl sites for hydroxylation is 2. The summed E-state index contributed by atoms with van der Waals surface area (Å²) in [5, 5.41) is 2.78. The van der Waals surface area contributed by atoms with Gasteiger partial charge in [0.1, 0.15) is 5.70 Å². The molecule has 1 N–H and O–H groups in total. The van der Waals surface area contributed by atoms with Crippen molar-refractivity contribution in [3.05, 3.63) is 69.9 Å². The van der Waals surface area contributed by atoms with Crippen LogP contribution in [0.25, 0.3) is 6.08 Å². The van der Waals surface area contributed by atoms with Gasteiger partial charge in [-0.2, -0.15) is 0 Å². The van der Waals surface area contributed by atoms with Crippen LogP contribution in [0.2, 0.25) is 0 Å². The molecule has 0 radical (unpaired) electrons. The Balaban J connectivity index is 1.66. The second-order valence-electron chi connectivity index (χ2n) is 10.5. The number of imide groups is 1. The van der Waals surface area contributed by atoms with Gasteiger partial charge < -0.3 is 10.2 Å². The molecule has 1 saturated heterocycles. The van der Waals surface area contributed by atoms with Crippen molar-refractivity contribution in [2.24, 2.45) is 0 Å². The van der Waals surface area contributed by atoms with Crippen molar-refractivity contribution < 1.29 is 9.59 Å². The molecule has 0 spiro atoms. The third-order valence-corrected chi connectivity index (χ3v) is 6.90. The van der Waals surface area contributed by atoms with Gasteiger partial charge in [-0.15, -0.1) is 0 Å². The monoisotopic (exact) mass is 445 g/mol. The summed E-state index contributed by atoms with van der Waals surface area (Å²) >= 11 is 0. The molecule has 0 unspecified atom stereocenters. The smallest absolute Gasteiger partial charge is 0.329 e. The molecule has 0 aromatic heterocycles. The number of fused-ring (bicyclic) bond motifs is 1. The number of rotatable bonds is 4. The Hall–Kier alpha value is -3.08. The summed E-state index contributed by atoms with van der Waals surface area (Å²) in [6.45, 7) is 15.7. The molecule has 0 aliphatic carbocycles. The fourth-order valence-electron chi connectivity index (χ4n) is 5.49. The lowest BCUT2D eigenvalue weighted by atomic mass is 9.78. The van der Waals surface area contributed by atoms with E-state index in [9.17, 15) is 9.59 Å². The van der Waals surface area contributed by atoms with Crippen molar-refractivity contribution in [1.82, 2.24) is 10.2 Å². The van der Waals surface area contributed by atoms with E-state index in [2.05, 4.69) is 63.9 Å². The Morgan fingerprint density at radius 3 is 2.42 bits per heavy atom. The third kappa shape index (κ3) is 4.29. The first kappa shape index (κ1) is 23.1. The number of hydrogen-bond donors (Lipinski definition) is 1. The van der Waals surface area contributed by atoms with Crippen LogP contribution >= 0.6 is 0 Å². The number of carbonyl (C=O) groups excluding carboxylic acids is 2. The number of carbonyl (C=O) groups is 2. The first-order valence-electron chi connectivity index (χ1n) is 11.8. The normalized spacial score (nSPS) is 21.1. The van der Waals surface area contributed by atoms with Crippen LogP contribution in [0.3, 0.4) is 0 Å². The Morgan fingerprint density at radius 2 is 1.79 bits per heavy atom. The van der Waals surface area contributed by atoms with Crippen LogP contribution in [-0.4, -0.2) is 28.4 Å². The summed E-state index contributed by atoms with van der Waals surface area (Å²) in [7, 11) is 0. The van der Waals surface area contributed by atoms with Crippen LogP contribution in [0.5, 0.6) is 0 Å². The van der Waals surface area contributed by atoms with E-state index in [4.69, 9.17) is 0 Å². The summed E-state index contributed by atoms with van der Waals surface area (Å²) in [4.78, 5) is 29.4. The lowest BCUT2D eigenvalue weighted by molar-refractivity contribution is -0.123. The van der Waals surface area contributed by atoms with Crippen LogP contribution in [0.15, 0.2) is 42.1 Å². The molecule has 5 nitrogen and oxygen atoms in total. The summed E-state index contributed by atoms with van der Waals surface area (Å²) in [6.07, 6.45) is 2.90. The fraction of sp³-hybridized carbons (Fsp3) is 0.429. The molecule has 2 aromatic rings. The number of urea groups is 1. The highest BCUT2D eigenvalue weighted by atomic mass is 16.2. The highest BCUT2D eigenvalue weighted by Gasteiger charge is 2.38. The molecule has 2 aliphatic rings. The van der Waals surface area contributed by atoms with Gasteiger partial charge in [0.2, 0.25) is 0 Å². The molecule has 3 amide bonds. The quantitative estimate of drug-likeness (QED) is 0.471. The van der Waals surface area contributed by atoms with E-state index in [0.717, 1.165) is 28.7 Å². The maximum absolute atomic E-state index is 13.0. The second-order valence-corrected chi connectivity index (χ2v) is 10.5. The molecule has 33 heavy (non-hydrogen) atoms. The fourth-order valence-corrected chi connectivity index (χ4v) is 5.49. The van der Waals surface area contributed by atoms with Gasteiger partial charge in [0.05, 0.1) is 6.54 Å². The van der Waals surface area contributed by atoms with E-state index in [1.54, 1.807) is 0 Å². The highest BCUT2D eigenvalue weighted by molar-refractivity contribution is 6.14. The van der Waals surface area contributed by atoms with Crippen molar-refractivity contribution >= 4 is 23.7 Å². The van der Waals surface area contributed by atoms with Gasteiger partial charge in [0.25, 0.3) is 5.91 Å². The topological polar surface area (TPSA) is 52.7 Å². The molecular formula is C28H35N3O2. The lowest BCUT2D eigenvalue weighted by Gasteiger charge is -2.50. The zero-order valence-corrected chi connectivity index (χ0v) is 20.8. The van der Waals surface area contributed by atoms with E-state index in [1.807, 2.05) is 37.3 Å². The SMILES string of the molecule is Cc1ccc(CN2C(=O)N/C(=C\c3cc4c(cc3C)N(C(C)C)C(C)(C)C[C@@H]4C)C2=O)cc1. The number of anilines is 1. The van der Waals surface area contributed by atoms with Crippen molar-refractivity contribution in [2.75, 3.05) is 4.90 Å².